The third-order valence-electron chi connectivity index (χ3n) is 2.31. The minimum absolute atomic E-state index is 0.0358. The van der Waals surface area contributed by atoms with Gasteiger partial charge in [-0.25, -0.2) is 0 Å². The third-order valence-corrected chi connectivity index (χ3v) is 4.02. The van der Waals surface area contributed by atoms with Crippen molar-refractivity contribution in [3.05, 3.63) is 21.0 Å². The molecular formula is C9H11Br2NO2. The van der Waals surface area contributed by atoms with Gasteiger partial charge in [0, 0.05) is 12.6 Å². The molecular weight excluding hydrogens is 314 g/mol. The van der Waals surface area contributed by atoms with Crippen LogP contribution in [0, 0.1) is 0 Å². The number of hydrogen-bond acceptors (Lipinski definition) is 3. The number of rotatable bonds is 1. The van der Waals surface area contributed by atoms with Crippen molar-refractivity contribution in [2.45, 2.75) is 25.0 Å². The second-order valence-electron chi connectivity index (χ2n) is 3.37. The topological polar surface area (TPSA) is 48.4 Å². The zero-order valence-electron chi connectivity index (χ0n) is 7.50. The summed E-state index contributed by atoms with van der Waals surface area (Å²) >= 11 is 6.66. The van der Waals surface area contributed by atoms with Gasteiger partial charge in [-0.1, -0.05) is 0 Å². The molecule has 1 fully saturated rings. The van der Waals surface area contributed by atoms with Gasteiger partial charge < -0.3 is 14.9 Å². The van der Waals surface area contributed by atoms with Crippen LogP contribution in [0.5, 0.6) is 0 Å². The first-order valence-electron chi connectivity index (χ1n) is 4.50. The summed E-state index contributed by atoms with van der Waals surface area (Å²) in [6.07, 6.45) is 1.91. The van der Waals surface area contributed by atoms with E-state index in [0.717, 1.165) is 29.7 Å². The SMILES string of the molecule is NC1CCCOC1c1cc(Br)c(Br)o1. The molecule has 2 rings (SSSR count). The lowest BCUT2D eigenvalue weighted by Crippen LogP contribution is -2.34. The van der Waals surface area contributed by atoms with E-state index in [1.54, 1.807) is 0 Å². The Morgan fingerprint density at radius 1 is 1.43 bits per heavy atom. The van der Waals surface area contributed by atoms with Crippen molar-refractivity contribution in [2.24, 2.45) is 5.73 Å². The van der Waals surface area contributed by atoms with Gasteiger partial charge in [-0.2, -0.15) is 0 Å². The van der Waals surface area contributed by atoms with Crippen LogP contribution >= 0.6 is 31.9 Å². The summed E-state index contributed by atoms with van der Waals surface area (Å²) in [6.45, 7) is 0.758. The van der Waals surface area contributed by atoms with E-state index in [9.17, 15) is 0 Å². The number of furan rings is 1. The van der Waals surface area contributed by atoms with Crippen molar-refractivity contribution in [3.8, 4) is 0 Å². The molecule has 1 aromatic heterocycles. The highest BCUT2D eigenvalue weighted by molar-refractivity contribution is 9.13. The molecule has 1 aliphatic rings. The summed E-state index contributed by atoms with van der Waals surface area (Å²) in [5, 5.41) is 0. The van der Waals surface area contributed by atoms with Crippen LogP contribution in [0.15, 0.2) is 19.6 Å². The summed E-state index contributed by atoms with van der Waals surface area (Å²) in [4.78, 5) is 0. The number of ether oxygens (including phenoxy) is 1. The molecule has 0 bridgehead atoms. The highest BCUT2D eigenvalue weighted by atomic mass is 79.9. The quantitative estimate of drug-likeness (QED) is 0.864. The molecule has 0 amide bonds. The van der Waals surface area contributed by atoms with Gasteiger partial charge in [0.05, 0.1) is 4.47 Å². The Hall–Kier alpha value is 0.160. The van der Waals surface area contributed by atoms with Gasteiger partial charge in [-0.05, 0) is 50.8 Å². The van der Waals surface area contributed by atoms with Crippen LogP contribution in [-0.2, 0) is 4.74 Å². The maximum absolute atomic E-state index is 5.95. The van der Waals surface area contributed by atoms with Crippen molar-refractivity contribution in [1.82, 2.24) is 0 Å². The molecule has 5 heteroatoms. The van der Waals surface area contributed by atoms with E-state index < -0.39 is 0 Å². The largest absolute Gasteiger partial charge is 0.450 e. The molecule has 0 aromatic carbocycles. The molecule has 3 nitrogen and oxygen atoms in total. The molecule has 0 aliphatic carbocycles. The van der Waals surface area contributed by atoms with E-state index in [1.807, 2.05) is 6.07 Å². The number of halogens is 2. The first kappa shape index (κ1) is 10.7. The molecule has 0 saturated carbocycles. The Labute approximate surface area is 99.2 Å². The lowest BCUT2D eigenvalue weighted by molar-refractivity contribution is -0.0129. The maximum Gasteiger partial charge on any atom is 0.183 e. The second kappa shape index (κ2) is 4.35. The summed E-state index contributed by atoms with van der Waals surface area (Å²) in [5.41, 5.74) is 5.95. The molecule has 0 radical (unpaired) electrons. The van der Waals surface area contributed by atoms with Gasteiger partial charge in [-0.15, -0.1) is 0 Å². The van der Waals surface area contributed by atoms with E-state index in [-0.39, 0.29) is 12.1 Å². The Morgan fingerprint density at radius 3 is 2.79 bits per heavy atom. The molecule has 2 atom stereocenters. The number of nitrogens with two attached hydrogens (primary N) is 1. The molecule has 0 spiro atoms. The first-order valence-corrected chi connectivity index (χ1v) is 6.09. The van der Waals surface area contributed by atoms with Crippen LogP contribution in [-0.4, -0.2) is 12.6 Å². The van der Waals surface area contributed by atoms with Crippen LogP contribution in [0.3, 0.4) is 0 Å². The molecule has 2 heterocycles. The Morgan fingerprint density at radius 2 is 2.21 bits per heavy atom. The standard InChI is InChI=1S/C9H11Br2NO2/c10-5-4-7(14-9(5)11)8-6(12)2-1-3-13-8/h4,6,8H,1-3,12H2. The van der Waals surface area contributed by atoms with Crippen LogP contribution in [0.4, 0.5) is 0 Å². The minimum Gasteiger partial charge on any atom is -0.450 e. The van der Waals surface area contributed by atoms with Crippen LogP contribution in [0.2, 0.25) is 0 Å². The van der Waals surface area contributed by atoms with E-state index in [4.69, 9.17) is 14.9 Å². The van der Waals surface area contributed by atoms with Crippen molar-refractivity contribution in [2.75, 3.05) is 6.61 Å². The monoisotopic (exact) mass is 323 g/mol. The predicted molar refractivity (Wildman–Crippen MR) is 60.0 cm³/mol. The highest BCUT2D eigenvalue weighted by Crippen LogP contribution is 2.34. The van der Waals surface area contributed by atoms with Gasteiger partial charge >= 0.3 is 0 Å². The Bertz CT molecular complexity index is 307. The molecule has 1 saturated heterocycles. The fourth-order valence-electron chi connectivity index (χ4n) is 1.60. The molecule has 1 aliphatic heterocycles. The van der Waals surface area contributed by atoms with E-state index >= 15 is 0 Å². The maximum atomic E-state index is 5.95. The fourth-order valence-corrected chi connectivity index (χ4v) is 2.21. The normalized spacial score (nSPS) is 27.9. The third kappa shape index (κ3) is 2.05. The van der Waals surface area contributed by atoms with Crippen molar-refractivity contribution < 1.29 is 9.15 Å². The molecule has 2 unspecified atom stereocenters. The second-order valence-corrected chi connectivity index (χ2v) is 4.94. The van der Waals surface area contributed by atoms with Crippen LogP contribution in [0.1, 0.15) is 24.7 Å². The van der Waals surface area contributed by atoms with Gasteiger partial charge in [-0.3, -0.25) is 0 Å². The van der Waals surface area contributed by atoms with Gasteiger partial charge in [0.1, 0.15) is 11.9 Å². The van der Waals surface area contributed by atoms with Crippen LogP contribution in [0.25, 0.3) is 0 Å². The van der Waals surface area contributed by atoms with Gasteiger partial charge in [0.2, 0.25) is 0 Å². The molecule has 14 heavy (non-hydrogen) atoms. The summed E-state index contributed by atoms with van der Waals surface area (Å²) in [5.74, 6) is 0.788. The molecule has 2 N–H and O–H groups in total. The first-order chi connectivity index (χ1) is 6.68. The van der Waals surface area contributed by atoms with Gasteiger partial charge in [0.15, 0.2) is 4.67 Å². The molecule has 1 aromatic rings. The van der Waals surface area contributed by atoms with Crippen molar-refractivity contribution in [3.63, 3.8) is 0 Å². The average Bonchev–Trinajstić information content (AvgIpc) is 2.48. The summed E-state index contributed by atoms with van der Waals surface area (Å²) in [6, 6.07) is 1.94. The highest BCUT2D eigenvalue weighted by Gasteiger charge is 2.27. The zero-order valence-corrected chi connectivity index (χ0v) is 10.7. The van der Waals surface area contributed by atoms with Gasteiger partial charge in [0.25, 0.3) is 0 Å². The van der Waals surface area contributed by atoms with Crippen molar-refractivity contribution in [1.29, 1.82) is 0 Å². The van der Waals surface area contributed by atoms with E-state index in [2.05, 4.69) is 31.9 Å². The Balaban J connectivity index is 2.20. The van der Waals surface area contributed by atoms with E-state index in [1.165, 1.54) is 0 Å². The lowest BCUT2D eigenvalue weighted by atomic mass is 10.0. The molecule has 78 valence electrons. The van der Waals surface area contributed by atoms with Crippen LogP contribution < -0.4 is 5.73 Å². The lowest BCUT2D eigenvalue weighted by Gasteiger charge is -2.27. The smallest absolute Gasteiger partial charge is 0.183 e. The summed E-state index contributed by atoms with van der Waals surface area (Å²) < 4.78 is 12.7. The zero-order chi connectivity index (χ0) is 10.1. The predicted octanol–water partition coefficient (Wildman–Crippen LogP) is 2.98. The Kier molecular flexibility index (Phi) is 3.31. The number of hydrogen-bond donors (Lipinski definition) is 1. The van der Waals surface area contributed by atoms with Crippen molar-refractivity contribution >= 4 is 31.9 Å². The average molecular weight is 325 g/mol. The fraction of sp³-hybridized carbons (Fsp3) is 0.556. The minimum atomic E-state index is -0.105. The summed E-state index contributed by atoms with van der Waals surface area (Å²) in [7, 11) is 0. The van der Waals surface area contributed by atoms with E-state index in [0.29, 0.717) is 4.67 Å².